The van der Waals surface area contributed by atoms with E-state index in [1.165, 1.54) is 0 Å². The van der Waals surface area contributed by atoms with Gasteiger partial charge in [-0.15, -0.1) is 0 Å². The molecule has 10 nitrogen and oxygen atoms in total. The Hall–Kier alpha value is -2.43. The van der Waals surface area contributed by atoms with Crippen molar-refractivity contribution in [1.29, 1.82) is 0 Å². The fourth-order valence-electron chi connectivity index (χ4n) is 3.54. The maximum absolute atomic E-state index is 12.3. The van der Waals surface area contributed by atoms with Crippen LogP contribution in [0.1, 0.15) is 23.4 Å². The highest BCUT2D eigenvalue weighted by Crippen LogP contribution is 2.53. The summed E-state index contributed by atoms with van der Waals surface area (Å²) in [6.45, 7) is 0.320. The zero-order valence-electron chi connectivity index (χ0n) is 13.0. The van der Waals surface area contributed by atoms with E-state index in [1.54, 1.807) is 0 Å². The molecule has 1 saturated heterocycles. The lowest BCUT2D eigenvalue weighted by atomic mass is 10.1. The Labute approximate surface area is 141 Å². The molecule has 5 unspecified atom stereocenters. The number of nitrogens with zero attached hydrogens (tertiary/aromatic N) is 1. The number of piperidine rings is 1. The molecule has 4 N–H and O–H groups in total. The first kappa shape index (κ1) is 16.1. The Kier molecular flexibility index (Phi) is 3.56. The molecule has 2 fully saturated rings. The van der Waals surface area contributed by atoms with Gasteiger partial charge in [0.25, 0.3) is 0 Å². The van der Waals surface area contributed by atoms with Gasteiger partial charge in [-0.05, 0) is 18.8 Å². The minimum atomic E-state index is -2.24. The van der Waals surface area contributed by atoms with Gasteiger partial charge in [0.05, 0.1) is 0 Å². The van der Waals surface area contributed by atoms with Gasteiger partial charge < -0.3 is 34.7 Å². The van der Waals surface area contributed by atoms with Crippen molar-refractivity contribution >= 4 is 23.6 Å². The first-order valence-electron chi connectivity index (χ1n) is 7.86. The number of rotatable bonds is 2. The number of carbonyl (C=O) groups is 3. The Balaban J connectivity index is 1.79. The number of hydrogen-bond donors (Lipinski definition) is 3. The molecular weight excluding hydrogens is 336 g/mol. The van der Waals surface area contributed by atoms with E-state index >= 15 is 0 Å². The predicted octanol–water partition coefficient (Wildman–Crippen LogP) is -1.47. The number of fused-ring (bicyclic) bond motifs is 3. The highest BCUT2D eigenvalue weighted by molar-refractivity contribution is 6.03. The number of esters is 3. The average molecular weight is 352 g/mol. The number of cyclic esters (lactones) is 2. The molecule has 1 aromatic rings. The Bertz CT molecular complexity index is 759. The van der Waals surface area contributed by atoms with E-state index in [0.717, 1.165) is 19.1 Å². The minimum absolute atomic E-state index is 0.0838. The maximum atomic E-state index is 12.3. The number of furan rings is 1. The van der Waals surface area contributed by atoms with E-state index in [2.05, 4.69) is 4.74 Å². The summed E-state index contributed by atoms with van der Waals surface area (Å²) in [5.74, 6) is -3.85. The van der Waals surface area contributed by atoms with Gasteiger partial charge in [0.15, 0.2) is 18.0 Å². The number of ether oxygens (including phenoxy) is 2. The predicted molar refractivity (Wildman–Crippen MR) is 78.6 cm³/mol. The molecule has 134 valence electrons. The van der Waals surface area contributed by atoms with Crippen LogP contribution in [-0.2, 0) is 14.3 Å². The smallest absolute Gasteiger partial charge is 0.384 e. The van der Waals surface area contributed by atoms with E-state index in [0.29, 0.717) is 12.5 Å². The SMILES string of the molecule is NCC1CC2CC2N1c1c2coc1C(=O)OC(=O)C(O)C(O)C(=O)O2. The first-order chi connectivity index (χ1) is 11.9. The lowest BCUT2D eigenvalue weighted by Gasteiger charge is -2.29. The van der Waals surface area contributed by atoms with Gasteiger partial charge >= 0.3 is 17.9 Å². The summed E-state index contributed by atoms with van der Waals surface area (Å²) >= 11 is 0. The van der Waals surface area contributed by atoms with Crippen molar-refractivity contribution in [2.24, 2.45) is 11.7 Å². The van der Waals surface area contributed by atoms with Crippen molar-refractivity contribution < 1.29 is 38.5 Å². The second kappa shape index (κ2) is 5.55. The van der Waals surface area contributed by atoms with Crippen LogP contribution in [0.15, 0.2) is 10.7 Å². The summed E-state index contributed by atoms with van der Waals surface area (Å²) < 4.78 is 14.8. The van der Waals surface area contributed by atoms with Gasteiger partial charge in [-0.25, -0.2) is 14.4 Å². The van der Waals surface area contributed by atoms with E-state index in [1.807, 2.05) is 4.90 Å². The van der Waals surface area contributed by atoms with Crippen LogP contribution in [0.5, 0.6) is 5.75 Å². The third-order valence-electron chi connectivity index (χ3n) is 4.84. The largest absolute Gasteiger partial charge is 0.451 e. The third-order valence-corrected chi connectivity index (χ3v) is 4.84. The van der Waals surface area contributed by atoms with Gasteiger partial charge in [-0.3, -0.25) is 0 Å². The van der Waals surface area contributed by atoms with Crippen LogP contribution in [0.25, 0.3) is 0 Å². The second-order valence-corrected chi connectivity index (χ2v) is 6.39. The van der Waals surface area contributed by atoms with Crippen LogP contribution >= 0.6 is 0 Å². The molecule has 4 rings (SSSR count). The summed E-state index contributed by atoms with van der Waals surface area (Å²) in [5, 5.41) is 19.3. The fourth-order valence-corrected chi connectivity index (χ4v) is 3.54. The quantitative estimate of drug-likeness (QED) is 0.425. The second-order valence-electron chi connectivity index (χ2n) is 6.39. The number of aliphatic hydroxyl groups excluding tert-OH is 2. The van der Waals surface area contributed by atoms with E-state index in [9.17, 15) is 24.6 Å². The van der Waals surface area contributed by atoms with Crippen LogP contribution in [0.4, 0.5) is 5.69 Å². The number of carbonyl (C=O) groups excluding carboxylic acids is 3. The standard InChI is InChI=1S/C15H16N2O8/c16-3-6-1-5-2-7(5)17(6)9-8-4-23-12(9)15(22)25-14(21)11(19)10(18)13(20)24-8/h4-7,10-11,18-19H,1-3,16H2. The fraction of sp³-hybridized carbons (Fsp3) is 0.533. The van der Waals surface area contributed by atoms with E-state index in [4.69, 9.17) is 14.9 Å². The maximum Gasteiger partial charge on any atom is 0.384 e. The van der Waals surface area contributed by atoms with Crippen molar-refractivity contribution in [2.45, 2.75) is 37.1 Å². The van der Waals surface area contributed by atoms with Crippen LogP contribution in [0, 0.1) is 5.92 Å². The third kappa shape index (κ3) is 2.41. The molecule has 3 heterocycles. The van der Waals surface area contributed by atoms with Crippen LogP contribution in [0.3, 0.4) is 0 Å². The van der Waals surface area contributed by atoms with Crippen molar-refractivity contribution in [3.05, 3.63) is 12.0 Å². The highest BCUT2D eigenvalue weighted by atomic mass is 16.6. The van der Waals surface area contributed by atoms with Gasteiger partial charge in [0, 0.05) is 18.6 Å². The van der Waals surface area contributed by atoms with Crippen LogP contribution in [0.2, 0.25) is 0 Å². The Morgan fingerprint density at radius 3 is 2.48 bits per heavy atom. The summed E-state index contributed by atoms with van der Waals surface area (Å²) in [4.78, 5) is 37.8. The molecule has 2 bridgehead atoms. The number of hydrogen-bond acceptors (Lipinski definition) is 10. The van der Waals surface area contributed by atoms with Gasteiger partial charge in [-0.1, -0.05) is 0 Å². The van der Waals surface area contributed by atoms with Crippen molar-refractivity contribution in [2.75, 3.05) is 11.4 Å². The zero-order chi connectivity index (χ0) is 17.9. The highest BCUT2D eigenvalue weighted by Gasteiger charge is 2.54. The average Bonchev–Trinajstić information content (AvgIpc) is 3.08. The van der Waals surface area contributed by atoms with Gasteiger partial charge in [0.2, 0.25) is 5.76 Å². The molecule has 1 saturated carbocycles. The summed E-state index contributed by atoms with van der Waals surface area (Å²) in [6, 6.07) is 0.0452. The topological polar surface area (TPSA) is 153 Å². The normalized spacial score (nSPS) is 34.4. The van der Waals surface area contributed by atoms with Gasteiger partial charge in [-0.2, -0.15) is 0 Å². The zero-order valence-corrected chi connectivity index (χ0v) is 13.0. The molecule has 10 heteroatoms. The molecule has 0 aromatic carbocycles. The first-order valence-corrected chi connectivity index (χ1v) is 7.86. The summed E-state index contributed by atoms with van der Waals surface area (Å²) in [7, 11) is 0. The van der Waals surface area contributed by atoms with Crippen molar-refractivity contribution in [1.82, 2.24) is 0 Å². The molecule has 0 spiro atoms. The molecular formula is C15H16N2O8. The van der Waals surface area contributed by atoms with Crippen molar-refractivity contribution in [3.63, 3.8) is 0 Å². The summed E-state index contributed by atoms with van der Waals surface area (Å²) in [5.41, 5.74) is 5.98. The molecule has 2 aliphatic heterocycles. The Morgan fingerprint density at radius 1 is 1.12 bits per heavy atom. The number of nitrogens with two attached hydrogens (primary N) is 1. The Morgan fingerprint density at radius 2 is 1.80 bits per heavy atom. The molecule has 0 amide bonds. The van der Waals surface area contributed by atoms with E-state index in [-0.39, 0.29) is 29.3 Å². The van der Waals surface area contributed by atoms with Crippen LogP contribution < -0.4 is 15.4 Å². The molecule has 1 aromatic heterocycles. The monoisotopic (exact) mass is 352 g/mol. The lowest BCUT2D eigenvalue weighted by molar-refractivity contribution is -0.164. The number of anilines is 1. The van der Waals surface area contributed by atoms with Crippen LogP contribution in [-0.4, -0.2) is 59.0 Å². The lowest BCUT2D eigenvalue weighted by Crippen LogP contribution is -2.44. The summed E-state index contributed by atoms with van der Waals surface area (Å²) in [6.07, 6.45) is -1.67. The molecule has 0 radical (unpaired) electrons. The molecule has 25 heavy (non-hydrogen) atoms. The molecule has 5 atom stereocenters. The molecule has 3 aliphatic rings. The van der Waals surface area contributed by atoms with E-state index < -0.39 is 30.1 Å². The van der Waals surface area contributed by atoms with Gasteiger partial charge in [0.1, 0.15) is 12.0 Å². The van der Waals surface area contributed by atoms with Crippen molar-refractivity contribution in [3.8, 4) is 5.75 Å². The number of aliphatic hydroxyl groups is 2. The minimum Gasteiger partial charge on any atom is -0.451 e. The molecule has 1 aliphatic carbocycles.